The van der Waals surface area contributed by atoms with Gasteiger partial charge in [0.05, 0.1) is 0 Å². The molecule has 1 aromatic heterocycles. The molecule has 2 heteroatoms. The lowest BCUT2D eigenvalue weighted by Gasteiger charge is -1.85. The van der Waals surface area contributed by atoms with E-state index in [9.17, 15) is 0 Å². The molecule has 1 heterocycles. The molecule has 0 atom stereocenters. The Bertz CT molecular complexity index is 169. The third-order valence-electron chi connectivity index (χ3n) is 1.01. The molecule has 0 unspecified atom stereocenters. The van der Waals surface area contributed by atoms with Gasteiger partial charge in [0.15, 0.2) is 0 Å². The number of rotatable bonds is 1. The van der Waals surface area contributed by atoms with E-state index in [2.05, 4.69) is 41.0 Å². The Morgan fingerprint density at radius 1 is 1.75 bits per heavy atom. The van der Waals surface area contributed by atoms with Crippen LogP contribution in [0.3, 0.4) is 0 Å². The van der Waals surface area contributed by atoms with Crippen molar-refractivity contribution in [2.75, 3.05) is 0 Å². The lowest BCUT2D eigenvalue weighted by Crippen LogP contribution is -1.72. The predicted molar refractivity (Wildman–Crippen MR) is 46.4 cm³/mol. The highest BCUT2D eigenvalue weighted by Gasteiger charge is 1.94. The zero-order chi connectivity index (χ0) is 5.98. The molecule has 0 N–H and O–H groups in total. The zero-order valence-corrected chi connectivity index (χ0v) is 7.62. The second-order valence-electron chi connectivity index (χ2n) is 1.55. The van der Waals surface area contributed by atoms with Gasteiger partial charge in [0, 0.05) is 8.45 Å². The molecule has 1 rings (SSSR count). The van der Waals surface area contributed by atoms with Gasteiger partial charge >= 0.3 is 0 Å². The molecule has 0 aliphatic heterocycles. The van der Waals surface area contributed by atoms with Gasteiger partial charge < -0.3 is 0 Å². The lowest BCUT2D eigenvalue weighted by molar-refractivity contribution is 1.17. The van der Waals surface area contributed by atoms with E-state index in [0.717, 1.165) is 0 Å². The molecule has 0 nitrogen and oxygen atoms in total. The predicted octanol–water partition coefficient (Wildman–Crippen LogP) is 2.92. The molecule has 8 heavy (non-hydrogen) atoms. The minimum atomic E-state index is 1.18. The van der Waals surface area contributed by atoms with Crippen LogP contribution in [0, 0.1) is 3.57 Å². The van der Waals surface area contributed by atoms with Crippen molar-refractivity contribution in [3.8, 4) is 0 Å². The van der Waals surface area contributed by atoms with Crippen molar-refractivity contribution in [1.82, 2.24) is 0 Å². The highest BCUT2D eigenvalue weighted by atomic mass is 127. The molecule has 0 saturated carbocycles. The average molecular weight is 238 g/mol. The van der Waals surface area contributed by atoms with E-state index in [1.54, 1.807) is 0 Å². The number of aryl methyl sites for hydroxylation is 1. The molecule has 0 amide bonds. The Hall–Kier alpha value is 0.430. The molecule has 44 valence electrons. The molecule has 0 bridgehead atoms. The standard InChI is InChI=1S/C6H7IS/c1-2-6-5(7)3-4-8-6/h3-4H,2H2,1H3. The maximum absolute atomic E-state index is 2.37. The fraction of sp³-hybridized carbons (Fsp3) is 0.333. The number of hydrogen-bond donors (Lipinski definition) is 0. The summed E-state index contributed by atoms with van der Waals surface area (Å²) < 4.78 is 1.41. The fourth-order valence-corrected chi connectivity index (χ4v) is 2.48. The first-order valence-corrected chi connectivity index (χ1v) is 4.52. The van der Waals surface area contributed by atoms with Crippen molar-refractivity contribution in [3.63, 3.8) is 0 Å². The summed E-state index contributed by atoms with van der Waals surface area (Å²) in [5.41, 5.74) is 0. The molecule has 0 saturated heterocycles. The Morgan fingerprint density at radius 3 is 2.75 bits per heavy atom. The van der Waals surface area contributed by atoms with Crippen LogP contribution in [0.15, 0.2) is 11.4 Å². The quantitative estimate of drug-likeness (QED) is 0.660. The van der Waals surface area contributed by atoms with Gasteiger partial charge in [-0.2, -0.15) is 0 Å². The van der Waals surface area contributed by atoms with Crippen molar-refractivity contribution < 1.29 is 0 Å². The first kappa shape index (κ1) is 6.55. The van der Waals surface area contributed by atoms with E-state index >= 15 is 0 Å². The normalized spacial score (nSPS) is 9.75. The van der Waals surface area contributed by atoms with Crippen molar-refractivity contribution in [2.45, 2.75) is 13.3 Å². The van der Waals surface area contributed by atoms with Crippen LogP contribution in [0.25, 0.3) is 0 Å². The van der Waals surface area contributed by atoms with Gasteiger partial charge in [0.1, 0.15) is 0 Å². The minimum Gasteiger partial charge on any atom is -0.148 e. The molecular weight excluding hydrogens is 231 g/mol. The molecule has 0 aliphatic rings. The van der Waals surface area contributed by atoms with Gasteiger partial charge in [-0.05, 0) is 40.5 Å². The summed E-state index contributed by atoms with van der Waals surface area (Å²) in [6.07, 6.45) is 1.18. The van der Waals surface area contributed by atoms with Crippen LogP contribution in [0.2, 0.25) is 0 Å². The zero-order valence-electron chi connectivity index (χ0n) is 4.65. The van der Waals surface area contributed by atoms with Crippen molar-refractivity contribution >= 4 is 33.9 Å². The van der Waals surface area contributed by atoms with E-state index in [1.807, 2.05) is 11.3 Å². The summed E-state index contributed by atoms with van der Waals surface area (Å²) in [4.78, 5) is 1.51. The fourth-order valence-electron chi connectivity index (χ4n) is 0.577. The van der Waals surface area contributed by atoms with E-state index in [1.165, 1.54) is 14.9 Å². The van der Waals surface area contributed by atoms with E-state index in [-0.39, 0.29) is 0 Å². The van der Waals surface area contributed by atoms with Gasteiger partial charge in [-0.3, -0.25) is 0 Å². The summed E-state index contributed by atoms with van der Waals surface area (Å²) in [7, 11) is 0. The van der Waals surface area contributed by atoms with Gasteiger partial charge in [-0.15, -0.1) is 11.3 Å². The van der Waals surface area contributed by atoms with E-state index in [4.69, 9.17) is 0 Å². The van der Waals surface area contributed by atoms with Crippen LogP contribution < -0.4 is 0 Å². The molecular formula is C6H7IS. The largest absolute Gasteiger partial charge is 0.148 e. The van der Waals surface area contributed by atoms with E-state index < -0.39 is 0 Å². The second-order valence-corrected chi connectivity index (χ2v) is 3.71. The molecule has 1 aromatic rings. The van der Waals surface area contributed by atoms with Crippen LogP contribution in [0.5, 0.6) is 0 Å². The third kappa shape index (κ3) is 1.23. The minimum absolute atomic E-state index is 1.18. The molecule has 0 aliphatic carbocycles. The molecule has 0 radical (unpaired) electrons. The summed E-state index contributed by atoms with van der Waals surface area (Å²) in [5, 5.41) is 2.14. The second kappa shape index (κ2) is 2.82. The lowest BCUT2D eigenvalue weighted by atomic mass is 10.4. The summed E-state index contributed by atoms with van der Waals surface area (Å²) in [6, 6.07) is 2.16. The highest BCUT2D eigenvalue weighted by molar-refractivity contribution is 14.1. The van der Waals surface area contributed by atoms with Gasteiger partial charge in [-0.25, -0.2) is 0 Å². The van der Waals surface area contributed by atoms with Crippen LogP contribution in [0.4, 0.5) is 0 Å². The van der Waals surface area contributed by atoms with Crippen LogP contribution in [-0.4, -0.2) is 0 Å². The maximum Gasteiger partial charge on any atom is 0.0269 e. The monoisotopic (exact) mass is 238 g/mol. The van der Waals surface area contributed by atoms with Gasteiger partial charge in [0.25, 0.3) is 0 Å². The number of hydrogen-bond acceptors (Lipinski definition) is 1. The summed E-state index contributed by atoms with van der Waals surface area (Å²) >= 11 is 4.21. The topological polar surface area (TPSA) is 0 Å². The van der Waals surface area contributed by atoms with Crippen LogP contribution in [-0.2, 0) is 6.42 Å². The van der Waals surface area contributed by atoms with Crippen LogP contribution >= 0.6 is 33.9 Å². The summed E-state index contributed by atoms with van der Waals surface area (Å²) in [6.45, 7) is 2.19. The van der Waals surface area contributed by atoms with Crippen molar-refractivity contribution in [3.05, 3.63) is 19.9 Å². The Kier molecular flexibility index (Phi) is 2.31. The van der Waals surface area contributed by atoms with E-state index in [0.29, 0.717) is 0 Å². The molecule has 0 fully saturated rings. The molecule has 0 spiro atoms. The van der Waals surface area contributed by atoms with Crippen molar-refractivity contribution in [2.24, 2.45) is 0 Å². The first-order chi connectivity index (χ1) is 3.84. The third-order valence-corrected chi connectivity index (χ3v) is 3.45. The van der Waals surface area contributed by atoms with Crippen LogP contribution in [0.1, 0.15) is 11.8 Å². The van der Waals surface area contributed by atoms with Crippen molar-refractivity contribution in [1.29, 1.82) is 0 Å². The Morgan fingerprint density at radius 2 is 2.50 bits per heavy atom. The van der Waals surface area contributed by atoms with Gasteiger partial charge in [-0.1, -0.05) is 6.92 Å². The van der Waals surface area contributed by atoms with Gasteiger partial charge in [0.2, 0.25) is 0 Å². The smallest absolute Gasteiger partial charge is 0.0269 e. The first-order valence-electron chi connectivity index (χ1n) is 2.56. The Balaban J connectivity index is 2.92. The number of thiophene rings is 1. The summed E-state index contributed by atoms with van der Waals surface area (Å²) in [5.74, 6) is 0. The molecule has 0 aromatic carbocycles. The highest BCUT2D eigenvalue weighted by Crippen LogP contribution is 2.18. The maximum atomic E-state index is 2.37. The Labute approximate surface area is 67.1 Å². The number of halogens is 1. The average Bonchev–Trinajstić information content (AvgIpc) is 2.14. The SMILES string of the molecule is CCc1sccc1I.